The third-order valence-electron chi connectivity index (χ3n) is 5.10. The van der Waals surface area contributed by atoms with Crippen molar-refractivity contribution in [1.82, 2.24) is 5.32 Å². The molecule has 35 heavy (non-hydrogen) atoms. The summed E-state index contributed by atoms with van der Waals surface area (Å²) in [5, 5.41) is 12.3. The van der Waals surface area contributed by atoms with Crippen molar-refractivity contribution in [3.63, 3.8) is 0 Å². The van der Waals surface area contributed by atoms with Crippen LogP contribution in [0.5, 0.6) is 0 Å². The van der Waals surface area contributed by atoms with Gasteiger partial charge in [-0.3, -0.25) is 4.79 Å². The highest BCUT2D eigenvalue weighted by molar-refractivity contribution is 5.96. The number of alkyl halides is 5. The lowest BCUT2D eigenvalue weighted by molar-refractivity contribution is -0.0913. The predicted molar refractivity (Wildman–Crippen MR) is 118 cm³/mol. The summed E-state index contributed by atoms with van der Waals surface area (Å²) in [4.78, 5) is 12.8. The number of hydrogen-bond donors (Lipinski definition) is 2. The van der Waals surface area contributed by atoms with Gasteiger partial charge in [-0.1, -0.05) is 24.8 Å². The molecule has 2 N–H and O–H groups in total. The number of halogens is 7. The quantitative estimate of drug-likeness (QED) is 0.314. The SMILES string of the molecule is C=C/C(=C\C=C(/C)C(F)(F)F)[C@@H](C)NC(=O)c1cc(-c2ccc(F)cc2F)cc(C(O)C(F)F)c1. The molecule has 0 aromatic heterocycles. The minimum atomic E-state index is -4.53. The molecule has 0 bridgehead atoms. The molecule has 0 radical (unpaired) electrons. The molecule has 10 heteroatoms. The lowest BCUT2D eigenvalue weighted by Crippen LogP contribution is -2.33. The molecule has 0 fully saturated rings. The van der Waals surface area contributed by atoms with Crippen LogP contribution in [0.15, 0.2) is 72.4 Å². The van der Waals surface area contributed by atoms with Crippen LogP contribution in [0.3, 0.4) is 0 Å². The van der Waals surface area contributed by atoms with Gasteiger partial charge in [0.25, 0.3) is 12.3 Å². The van der Waals surface area contributed by atoms with Crippen molar-refractivity contribution in [2.45, 2.75) is 38.6 Å². The van der Waals surface area contributed by atoms with Crippen LogP contribution in [0, 0.1) is 11.6 Å². The van der Waals surface area contributed by atoms with Crippen molar-refractivity contribution in [3.05, 3.63) is 95.1 Å². The standard InChI is InChI=1S/C25H22F7NO2/c1-4-15(6-5-13(2)25(30,31)32)14(3)33-24(35)18-10-16(9-17(11-18)22(34)23(28)29)20-8-7-19(26)12-21(20)27/h4-12,14,22-23,34H,1H2,2-3H3,(H,33,35)/b13-5+,15-6+/t14-,22?/m1/s1. The minimum absolute atomic E-state index is 0.0688. The van der Waals surface area contributed by atoms with Crippen molar-refractivity contribution < 1.29 is 40.6 Å². The summed E-state index contributed by atoms with van der Waals surface area (Å²) in [5.41, 5.74) is -1.55. The zero-order chi connectivity index (χ0) is 26.5. The van der Waals surface area contributed by atoms with Crippen LogP contribution >= 0.6 is 0 Å². The zero-order valence-electron chi connectivity index (χ0n) is 18.6. The highest BCUT2D eigenvalue weighted by Crippen LogP contribution is 2.30. The topological polar surface area (TPSA) is 49.3 Å². The van der Waals surface area contributed by atoms with Crippen LogP contribution in [0.2, 0.25) is 0 Å². The van der Waals surface area contributed by atoms with Gasteiger partial charge in [0.15, 0.2) is 0 Å². The number of allylic oxidation sites excluding steroid dienone is 3. The van der Waals surface area contributed by atoms with Gasteiger partial charge < -0.3 is 10.4 Å². The van der Waals surface area contributed by atoms with Crippen LogP contribution in [-0.4, -0.2) is 29.7 Å². The monoisotopic (exact) mass is 501 g/mol. The van der Waals surface area contributed by atoms with E-state index < -0.39 is 47.9 Å². The molecule has 2 rings (SSSR count). The Labute approximate surface area is 197 Å². The summed E-state index contributed by atoms with van der Waals surface area (Å²) in [6.45, 7) is 5.84. The van der Waals surface area contributed by atoms with E-state index in [2.05, 4.69) is 11.9 Å². The van der Waals surface area contributed by atoms with Crippen molar-refractivity contribution in [3.8, 4) is 11.1 Å². The van der Waals surface area contributed by atoms with Crippen molar-refractivity contribution in [2.24, 2.45) is 0 Å². The second-order valence-electron chi connectivity index (χ2n) is 7.66. The van der Waals surface area contributed by atoms with Gasteiger partial charge in [0, 0.05) is 22.8 Å². The Bertz CT molecular complexity index is 1150. The molecule has 2 aromatic carbocycles. The predicted octanol–water partition coefficient (Wildman–Crippen LogP) is 6.67. The maximum atomic E-state index is 14.3. The van der Waals surface area contributed by atoms with Gasteiger partial charge >= 0.3 is 6.18 Å². The average molecular weight is 501 g/mol. The van der Waals surface area contributed by atoms with E-state index in [1.54, 1.807) is 0 Å². The summed E-state index contributed by atoms with van der Waals surface area (Å²) in [7, 11) is 0. The van der Waals surface area contributed by atoms with Gasteiger partial charge in [-0.2, -0.15) is 13.2 Å². The molecule has 0 aliphatic heterocycles. The summed E-state index contributed by atoms with van der Waals surface area (Å²) in [6, 6.07) is 4.90. The van der Waals surface area contributed by atoms with Gasteiger partial charge in [0.1, 0.15) is 17.7 Å². The second-order valence-corrected chi connectivity index (χ2v) is 7.66. The summed E-state index contributed by atoms with van der Waals surface area (Å²) >= 11 is 0. The Morgan fingerprint density at radius 3 is 2.29 bits per heavy atom. The summed E-state index contributed by atoms with van der Waals surface area (Å²) < 4.78 is 92.0. The lowest BCUT2D eigenvalue weighted by Gasteiger charge is -2.18. The molecule has 2 atom stereocenters. The number of rotatable bonds is 8. The van der Waals surface area contributed by atoms with E-state index in [1.807, 2.05) is 0 Å². The van der Waals surface area contributed by atoms with E-state index in [-0.39, 0.29) is 27.8 Å². The molecular formula is C25H22F7NO2. The van der Waals surface area contributed by atoms with Gasteiger partial charge in [-0.15, -0.1) is 0 Å². The number of aliphatic hydroxyl groups excluding tert-OH is 1. The molecule has 0 saturated carbocycles. The molecule has 188 valence electrons. The number of carbonyl (C=O) groups excluding carboxylic acids is 1. The maximum absolute atomic E-state index is 14.3. The van der Waals surface area contributed by atoms with Crippen LogP contribution < -0.4 is 5.32 Å². The van der Waals surface area contributed by atoms with Crippen LogP contribution in [0.25, 0.3) is 11.1 Å². The van der Waals surface area contributed by atoms with Gasteiger partial charge in [-0.05, 0) is 60.9 Å². The number of aliphatic hydroxyl groups is 1. The first-order chi connectivity index (χ1) is 16.2. The van der Waals surface area contributed by atoms with Crippen molar-refractivity contribution in [2.75, 3.05) is 0 Å². The van der Waals surface area contributed by atoms with Crippen molar-refractivity contribution in [1.29, 1.82) is 0 Å². The van der Waals surface area contributed by atoms with Gasteiger partial charge in [0.05, 0.1) is 6.04 Å². The molecule has 2 aromatic rings. The third kappa shape index (κ3) is 7.29. The van der Waals surface area contributed by atoms with E-state index in [1.165, 1.54) is 13.0 Å². The molecule has 0 heterocycles. The molecule has 3 nitrogen and oxygen atoms in total. The summed E-state index contributed by atoms with van der Waals surface area (Å²) in [5.74, 6) is -2.73. The molecular weight excluding hydrogens is 479 g/mol. The van der Waals surface area contributed by atoms with E-state index in [4.69, 9.17) is 0 Å². The largest absolute Gasteiger partial charge is 0.412 e. The first-order valence-electron chi connectivity index (χ1n) is 10.2. The molecule has 1 unspecified atom stereocenters. The molecule has 0 aliphatic rings. The Kier molecular flexibility index (Phi) is 9.03. The number of carbonyl (C=O) groups is 1. The number of benzene rings is 2. The Hall–Kier alpha value is -3.40. The fraction of sp³-hybridized carbons (Fsp3) is 0.240. The minimum Gasteiger partial charge on any atom is -0.382 e. The number of amides is 1. The number of hydrogen-bond acceptors (Lipinski definition) is 2. The Morgan fingerprint density at radius 2 is 1.74 bits per heavy atom. The molecule has 0 spiro atoms. The highest BCUT2D eigenvalue weighted by atomic mass is 19.4. The normalized spacial score (nSPS) is 14.6. The lowest BCUT2D eigenvalue weighted by atomic mass is 9.96. The fourth-order valence-electron chi connectivity index (χ4n) is 3.05. The van der Waals surface area contributed by atoms with Crippen LogP contribution in [0.4, 0.5) is 30.7 Å². The van der Waals surface area contributed by atoms with E-state index in [0.717, 1.165) is 49.4 Å². The smallest absolute Gasteiger partial charge is 0.382 e. The molecule has 0 saturated heterocycles. The van der Waals surface area contributed by atoms with Gasteiger partial charge in [0.2, 0.25) is 0 Å². The fourth-order valence-corrected chi connectivity index (χ4v) is 3.05. The summed E-state index contributed by atoms with van der Waals surface area (Å²) in [6.07, 6.45) is -6.86. The second kappa shape index (κ2) is 11.4. The van der Waals surface area contributed by atoms with E-state index in [9.17, 15) is 40.6 Å². The first-order valence-corrected chi connectivity index (χ1v) is 10.2. The van der Waals surface area contributed by atoms with Crippen LogP contribution in [0.1, 0.15) is 35.9 Å². The Morgan fingerprint density at radius 1 is 1.09 bits per heavy atom. The highest BCUT2D eigenvalue weighted by Gasteiger charge is 2.29. The number of nitrogens with one attached hydrogen (secondary N) is 1. The van der Waals surface area contributed by atoms with E-state index in [0.29, 0.717) is 6.07 Å². The third-order valence-corrected chi connectivity index (χ3v) is 5.10. The van der Waals surface area contributed by atoms with Gasteiger partial charge in [-0.25, -0.2) is 17.6 Å². The molecule has 1 amide bonds. The first kappa shape index (κ1) is 27.8. The Balaban J connectivity index is 2.45. The zero-order valence-corrected chi connectivity index (χ0v) is 18.6. The maximum Gasteiger partial charge on any atom is 0.412 e. The van der Waals surface area contributed by atoms with Crippen LogP contribution in [-0.2, 0) is 0 Å². The van der Waals surface area contributed by atoms with Crippen molar-refractivity contribution >= 4 is 5.91 Å². The molecule has 0 aliphatic carbocycles. The average Bonchev–Trinajstić information content (AvgIpc) is 2.77. The van der Waals surface area contributed by atoms with E-state index >= 15 is 0 Å².